The lowest BCUT2D eigenvalue weighted by atomic mass is 10.0. The molecule has 0 spiro atoms. The van der Waals surface area contributed by atoms with Crippen LogP contribution in [0.3, 0.4) is 0 Å². The van der Waals surface area contributed by atoms with Gasteiger partial charge in [-0.05, 0) is 53.0 Å². The minimum Gasteiger partial charge on any atom is -0.386 e. The third-order valence-corrected chi connectivity index (χ3v) is 3.11. The van der Waals surface area contributed by atoms with E-state index in [2.05, 4.69) is 35.9 Å². The molecule has 0 aromatic carbocycles. The van der Waals surface area contributed by atoms with Crippen molar-refractivity contribution in [2.24, 2.45) is 0 Å². The van der Waals surface area contributed by atoms with E-state index in [-0.39, 0.29) is 10.6 Å². The highest BCUT2D eigenvalue weighted by molar-refractivity contribution is 9.10. The smallest absolute Gasteiger partial charge is 0.386 e. The van der Waals surface area contributed by atoms with E-state index in [0.29, 0.717) is 12.5 Å². The molecule has 26 heavy (non-hydrogen) atoms. The molecule has 0 saturated carbocycles. The molecule has 2 aromatic rings. The number of ketones is 1. The summed E-state index contributed by atoms with van der Waals surface area (Å²) in [5, 5.41) is 9.92. The van der Waals surface area contributed by atoms with Gasteiger partial charge in [-0.2, -0.15) is 13.2 Å². The molecule has 12 heteroatoms. The third kappa shape index (κ3) is 11.3. The molecule has 144 valence electrons. The Labute approximate surface area is 165 Å². The molecule has 6 nitrogen and oxygen atoms in total. The van der Waals surface area contributed by atoms with Crippen LogP contribution in [-0.4, -0.2) is 37.0 Å². The molecule has 2 heterocycles. The number of carbonyl (C=O) groups is 1. The van der Waals surface area contributed by atoms with Gasteiger partial charge in [-0.1, -0.05) is 0 Å². The molecule has 0 aliphatic carbocycles. The summed E-state index contributed by atoms with van der Waals surface area (Å²) in [6.07, 6.45) is 1.56. The van der Waals surface area contributed by atoms with Crippen LogP contribution in [0, 0.1) is 0 Å². The first-order valence-electron chi connectivity index (χ1n) is 6.64. The Morgan fingerprint density at radius 2 is 1.31 bits per heavy atom. The topological polar surface area (TPSA) is 88.9 Å². The van der Waals surface area contributed by atoms with E-state index >= 15 is 0 Å². The predicted octanol–water partition coefficient (Wildman–Crippen LogP) is 4.39. The predicted molar refractivity (Wildman–Crippen MR) is 93.8 cm³/mol. The van der Waals surface area contributed by atoms with E-state index in [1.807, 2.05) is 0 Å². The van der Waals surface area contributed by atoms with Crippen LogP contribution >= 0.6 is 39.1 Å². The van der Waals surface area contributed by atoms with E-state index < -0.39 is 17.6 Å². The number of hydrogen-bond acceptors (Lipinski definition) is 6. The Bertz CT molecular complexity index is 672. The first-order valence-corrected chi connectivity index (χ1v) is 8.19. The number of carbonyl (C=O) groups excluding carboxylic acids is 1. The van der Waals surface area contributed by atoms with Crippen LogP contribution in [0.25, 0.3) is 0 Å². The van der Waals surface area contributed by atoms with Crippen molar-refractivity contribution in [1.29, 1.82) is 0 Å². The second kappa shape index (κ2) is 10.7. The van der Waals surface area contributed by atoms with E-state index in [4.69, 9.17) is 23.2 Å². The molecular formula is C14H14BrCl2F3N4O2. The number of halogens is 6. The number of hydrogen-bond donors (Lipinski definition) is 1. The number of aliphatic hydroxyl groups is 1. The van der Waals surface area contributed by atoms with Crippen molar-refractivity contribution in [1.82, 2.24) is 19.9 Å². The van der Waals surface area contributed by atoms with Gasteiger partial charge in [0.25, 0.3) is 0 Å². The van der Waals surface area contributed by atoms with Gasteiger partial charge in [-0.25, -0.2) is 19.9 Å². The quantitative estimate of drug-likeness (QED) is 0.613. The minimum atomic E-state index is -4.64. The van der Waals surface area contributed by atoms with Crippen molar-refractivity contribution < 1.29 is 23.1 Å². The summed E-state index contributed by atoms with van der Waals surface area (Å²) >= 11 is 14.0. The lowest BCUT2D eigenvalue weighted by molar-refractivity contribution is -0.168. The summed E-state index contributed by atoms with van der Waals surface area (Å²) in [4.78, 5) is 24.2. The zero-order valence-corrected chi connectivity index (χ0v) is 16.8. The van der Waals surface area contributed by atoms with Crippen molar-refractivity contribution in [2.45, 2.75) is 32.5 Å². The molecule has 0 saturated heterocycles. The molecular weight excluding hydrogens is 464 g/mol. The molecule has 2 aromatic heterocycles. The normalized spacial score (nSPS) is 10.8. The Morgan fingerprint density at radius 1 is 1.00 bits per heavy atom. The van der Waals surface area contributed by atoms with Gasteiger partial charge in [-0.3, -0.25) is 4.79 Å². The van der Waals surface area contributed by atoms with Crippen LogP contribution in [0.15, 0.2) is 29.3 Å². The van der Waals surface area contributed by atoms with E-state index in [1.54, 1.807) is 26.2 Å². The number of alkyl halides is 3. The summed E-state index contributed by atoms with van der Waals surface area (Å²) in [7, 11) is 0. The van der Waals surface area contributed by atoms with Gasteiger partial charge in [-0.15, -0.1) is 0 Å². The largest absolute Gasteiger partial charge is 0.449 e. The molecule has 0 aliphatic rings. The average Bonchev–Trinajstić information content (AvgIpc) is 2.50. The first-order chi connectivity index (χ1) is 11.7. The number of aromatic nitrogens is 4. The molecule has 1 N–H and O–H groups in total. The molecule has 0 aliphatic heterocycles. The highest BCUT2D eigenvalue weighted by Gasteiger charge is 2.33. The summed E-state index contributed by atoms with van der Waals surface area (Å²) in [6.45, 7) is 3.82. The van der Waals surface area contributed by atoms with Crippen LogP contribution in [0.5, 0.6) is 0 Å². The molecule has 2 rings (SSSR count). The van der Waals surface area contributed by atoms with Crippen molar-refractivity contribution in [2.75, 3.05) is 0 Å². The Kier molecular flexibility index (Phi) is 10.1. The summed E-state index contributed by atoms with van der Waals surface area (Å²) in [5.74, 6) is -1.76. The van der Waals surface area contributed by atoms with Gasteiger partial charge in [0.2, 0.25) is 16.4 Å². The third-order valence-electron chi connectivity index (χ3n) is 2.31. The maximum atomic E-state index is 10.8. The van der Waals surface area contributed by atoms with Crippen molar-refractivity contribution >= 4 is 44.9 Å². The van der Waals surface area contributed by atoms with Gasteiger partial charge >= 0.3 is 6.18 Å². The van der Waals surface area contributed by atoms with Crippen molar-refractivity contribution in [3.8, 4) is 0 Å². The summed E-state index contributed by atoms with van der Waals surface area (Å²) in [6, 6.07) is 0. The molecule has 0 radical (unpaired) electrons. The summed E-state index contributed by atoms with van der Waals surface area (Å²) in [5.41, 5.74) is -0.244. The number of rotatable bonds is 1. The molecule has 0 bridgehead atoms. The Balaban J connectivity index is 0.000000373. The Hall–Kier alpha value is -1.36. The summed E-state index contributed by atoms with van der Waals surface area (Å²) < 4.78 is 33.3. The molecule has 0 atom stereocenters. The van der Waals surface area contributed by atoms with E-state index in [1.165, 1.54) is 12.4 Å². The van der Waals surface area contributed by atoms with Crippen LogP contribution in [0.1, 0.15) is 26.3 Å². The maximum absolute atomic E-state index is 10.8. The zero-order valence-electron chi connectivity index (χ0n) is 13.7. The van der Waals surface area contributed by atoms with Gasteiger partial charge in [0.05, 0.1) is 10.1 Å². The highest BCUT2D eigenvalue weighted by atomic mass is 79.9. The lowest BCUT2D eigenvalue weighted by Crippen LogP contribution is -2.18. The molecule has 0 fully saturated rings. The second-order valence-electron chi connectivity index (χ2n) is 5.02. The van der Waals surface area contributed by atoms with Crippen LogP contribution in [-0.2, 0) is 10.4 Å². The van der Waals surface area contributed by atoms with Gasteiger partial charge < -0.3 is 5.11 Å². The fourth-order valence-electron chi connectivity index (χ4n) is 0.925. The fraction of sp³-hybridized carbons (Fsp3) is 0.357. The van der Waals surface area contributed by atoms with Gasteiger partial charge in [0.15, 0.2) is 0 Å². The monoisotopic (exact) mass is 476 g/mol. The van der Waals surface area contributed by atoms with Gasteiger partial charge in [0, 0.05) is 37.3 Å². The Morgan fingerprint density at radius 3 is 1.54 bits per heavy atom. The standard InChI is InChI=1S/C7H9ClN2O.C4H2BrClN2.C3H3F3O/c1-7(2,11)5-3-9-6(8)10-4-5;5-3-1-7-4(6)8-2-3;1-2(7)3(4,5)6/h3-4,11H,1-2H3;1-2H;1H3. The lowest BCUT2D eigenvalue weighted by Gasteiger charge is -2.15. The SMILES string of the molecule is CC(=O)C(F)(F)F.CC(C)(O)c1cnc(Cl)nc1.Clc1ncc(Br)cn1. The highest BCUT2D eigenvalue weighted by Crippen LogP contribution is 2.17. The fourth-order valence-corrected chi connectivity index (χ4v) is 1.32. The minimum absolute atomic E-state index is 0.193. The average molecular weight is 478 g/mol. The second-order valence-corrected chi connectivity index (χ2v) is 6.62. The maximum Gasteiger partial charge on any atom is 0.449 e. The van der Waals surface area contributed by atoms with Crippen LogP contribution in [0.4, 0.5) is 13.2 Å². The van der Waals surface area contributed by atoms with Crippen molar-refractivity contribution in [3.05, 3.63) is 45.4 Å². The van der Waals surface area contributed by atoms with Crippen molar-refractivity contribution in [3.63, 3.8) is 0 Å². The van der Waals surface area contributed by atoms with E-state index in [0.717, 1.165) is 4.47 Å². The van der Waals surface area contributed by atoms with Gasteiger partial charge in [0.1, 0.15) is 0 Å². The zero-order chi connectivity index (χ0) is 20.5. The van der Waals surface area contributed by atoms with Crippen LogP contribution in [0.2, 0.25) is 10.6 Å². The number of nitrogens with zero attached hydrogens (tertiary/aromatic N) is 4. The van der Waals surface area contributed by atoms with Crippen LogP contribution < -0.4 is 0 Å². The molecule has 0 amide bonds. The van der Waals surface area contributed by atoms with E-state index in [9.17, 15) is 23.1 Å². The molecule has 0 unspecified atom stereocenters. The first kappa shape index (κ1) is 24.6. The number of Topliss-reactive ketones (excluding diaryl/α,β-unsaturated/α-hetero) is 1.